The van der Waals surface area contributed by atoms with E-state index in [-0.39, 0.29) is 6.61 Å². The van der Waals surface area contributed by atoms with E-state index in [2.05, 4.69) is 42.3 Å². The Kier molecular flexibility index (Phi) is 5.04. The number of nitrogens with zero attached hydrogens (tertiary/aromatic N) is 1. The summed E-state index contributed by atoms with van der Waals surface area (Å²) in [6, 6.07) is 14.7. The zero-order chi connectivity index (χ0) is 16.2. The lowest BCUT2D eigenvalue weighted by atomic mass is 9.94. The first-order valence-electron chi connectivity index (χ1n) is 8.13. The van der Waals surface area contributed by atoms with Crippen molar-refractivity contribution in [3.63, 3.8) is 0 Å². The van der Waals surface area contributed by atoms with Gasteiger partial charge in [0.25, 0.3) is 0 Å². The Morgan fingerprint density at radius 2 is 1.96 bits per heavy atom. The van der Waals surface area contributed by atoms with Gasteiger partial charge in [0.1, 0.15) is 0 Å². The number of hydrogen-bond donors (Lipinski definition) is 1. The van der Waals surface area contributed by atoms with Gasteiger partial charge >= 0.3 is 0 Å². The van der Waals surface area contributed by atoms with Crippen LogP contribution in [0.1, 0.15) is 30.0 Å². The van der Waals surface area contributed by atoms with Gasteiger partial charge in [0.05, 0.1) is 6.61 Å². The molecule has 3 rings (SSSR count). The molecule has 2 nitrogen and oxygen atoms in total. The number of rotatable bonds is 5. The summed E-state index contributed by atoms with van der Waals surface area (Å²) in [4.78, 5) is 2.17. The predicted octanol–water partition coefficient (Wildman–Crippen LogP) is 4.58. The molecule has 120 valence electrons. The molecule has 0 fully saturated rings. The highest BCUT2D eigenvalue weighted by molar-refractivity contribution is 6.30. The van der Waals surface area contributed by atoms with Crippen LogP contribution in [0.5, 0.6) is 0 Å². The highest BCUT2D eigenvalue weighted by Gasteiger charge is 2.17. The van der Waals surface area contributed by atoms with Crippen LogP contribution < -0.4 is 4.90 Å². The van der Waals surface area contributed by atoms with Crippen LogP contribution >= 0.6 is 11.6 Å². The third kappa shape index (κ3) is 3.77. The summed E-state index contributed by atoms with van der Waals surface area (Å²) in [5.41, 5.74) is 6.49. The Morgan fingerprint density at radius 1 is 1.13 bits per heavy atom. The van der Waals surface area contributed by atoms with E-state index in [9.17, 15) is 5.11 Å². The molecule has 3 heteroatoms. The molecule has 1 aliphatic heterocycles. The van der Waals surface area contributed by atoms with Crippen LogP contribution in [0, 0.1) is 0 Å². The molecule has 1 heterocycles. The summed E-state index contributed by atoms with van der Waals surface area (Å²) in [6.07, 6.45) is 5.12. The number of halogens is 1. The number of fused-ring (bicyclic) bond motifs is 1. The van der Waals surface area contributed by atoms with E-state index in [1.54, 1.807) is 0 Å². The van der Waals surface area contributed by atoms with Gasteiger partial charge < -0.3 is 10.0 Å². The van der Waals surface area contributed by atoms with Gasteiger partial charge in [-0.05, 0) is 59.7 Å². The second-order valence-electron chi connectivity index (χ2n) is 6.00. The number of anilines is 1. The largest absolute Gasteiger partial charge is 0.395 e. The molecule has 0 atom stereocenters. The molecule has 0 radical (unpaired) electrons. The van der Waals surface area contributed by atoms with E-state index in [0.29, 0.717) is 6.54 Å². The van der Waals surface area contributed by atoms with Crippen molar-refractivity contribution in [3.8, 4) is 0 Å². The van der Waals surface area contributed by atoms with Gasteiger partial charge in [0.2, 0.25) is 0 Å². The van der Waals surface area contributed by atoms with Gasteiger partial charge in [-0.15, -0.1) is 0 Å². The third-order valence-corrected chi connectivity index (χ3v) is 4.54. The molecule has 0 aliphatic carbocycles. The number of aliphatic hydroxyl groups excluding tert-OH is 1. The maximum atomic E-state index is 9.30. The molecule has 1 aliphatic rings. The smallest absolute Gasteiger partial charge is 0.0610 e. The molecule has 0 unspecified atom stereocenters. The Hall–Kier alpha value is -1.77. The number of hydrogen-bond acceptors (Lipinski definition) is 2. The Balaban J connectivity index is 1.87. The van der Waals surface area contributed by atoms with E-state index in [0.717, 1.165) is 24.3 Å². The van der Waals surface area contributed by atoms with Crippen molar-refractivity contribution in [1.29, 1.82) is 0 Å². The van der Waals surface area contributed by atoms with Crippen LogP contribution in [0.25, 0.3) is 0 Å². The third-order valence-electron chi connectivity index (χ3n) is 4.30. The highest BCUT2D eigenvalue weighted by atomic mass is 35.5. The summed E-state index contributed by atoms with van der Waals surface area (Å²) in [6.45, 7) is 2.99. The van der Waals surface area contributed by atoms with Crippen LogP contribution in [0.3, 0.4) is 0 Å². The summed E-state index contributed by atoms with van der Waals surface area (Å²) in [5, 5.41) is 10.1. The van der Waals surface area contributed by atoms with Crippen LogP contribution in [0.4, 0.5) is 5.69 Å². The number of allylic oxidation sites excluding steroid dienone is 1. The van der Waals surface area contributed by atoms with E-state index >= 15 is 0 Å². The maximum Gasteiger partial charge on any atom is 0.0610 e. The summed E-state index contributed by atoms with van der Waals surface area (Å²) < 4.78 is 0. The zero-order valence-electron chi connectivity index (χ0n) is 13.4. The van der Waals surface area contributed by atoms with Crippen LogP contribution in [-0.4, -0.2) is 18.3 Å². The second kappa shape index (κ2) is 7.20. The van der Waals surface area contributed by atoms with Crippen molar-refractivity contribution in [2.24, 2.45) is 0 Å². The lowest BCUT2D eigenvalue weighted by Crippen LogP contribution is -2.25. The van der Waals surface area contributed by atoms with Gasteiger partial charge in [-0.1, -0.05) is 42.8 Å². The minimum absolute atomic E-state index is 0.164. The molecular weight excluding hydrogens is 306 g/mol. The average Bonchev–Trinajstić information content (AvgIpc) is 2.54. The predicted molar refractivity (Wildman–Crippen MR) is 97.2 cm³/mol. The topological polar surface area (TPSA) is 23.5 Å². The zero-order valence-corrected chi connectivity index (χ0v) is 14.2. The number of aliphatic hydroxyl groups is 1. The molecular formula is C20H22ClNO. The van der Waals surface area contributed by atoms with E-state index in [1.807, 2.05) is 18.2 Å². The molecule has 0 amide bonds. The van der Waals surface area contributed by atoms with Crippen molar-refractivity contribution in [2.45, 2.75) is 26.2 Å². The lowest BCUT2D eigenvalue weighted by Gasteiger charge is -2.29. The van der Waals surface area contributed by atoms with Crippen molar-refractivity contribution in [3.05, 3.63) is 76.0 Å². The minimum Gasteiger partial charge on any atom is -0.395 e. The minimum atomic E-state index is 0.164. The second-order valence-corrected chi connectivity index (χ2v) is 6.44. The van der Waals surface area contributed by atoms with Crippen LogP contribution in [0.2, 0.25) is 5.02 Å². The van der Waals surface area contributed by atoms with Crippen molar-refractivity contribution in [1.82, 2.24) is 0 Å². The summed E-state index contributed by atoms with van der Waals surface area (Å²) in [5.74, 6) is 0. The summed E-state index contributed by atoms with van der Waals surface area (Å²) >= 11 is 6.08. The van der Waals surface area contributed by atoms with Gasteiger partial charge in [0.15, 0.2) is 0 Å². The first-order valence-corrected chi connectivity index (χ1v) is 8.50. The molecule has 0 aromatic heterocycles. The molecule has 0 saturated carbocycles. The van der Waals surface area contributed by atoms with Gasteiger partial charge in [-0.3, -0.25) is 0 Å². The Labute approximate surface area is 143 Å². The van der Waals surface area contributed by atoms with E-state index in [1.165, 1.54) is 28.0 Å². The van der Waals surface area contributed by atoms with Crippen molar-refractivity contribution >= 4 is 17.3 Å². The van der Waals surface area contributed by atoms with E-state index in [4.69, 9.17) is 11.6 Å². The van der Waals surface area contributed by atoms with Gasteiger partial charge in [-0.2, -0.15) is 0 Å². The number of benzene rings is 2. The van der Waals surface area contributed by atoms with Crippen LogP contribution in [-0.2, 0) is 12.8 Å². The van der Waals surface area contributed by atoms with Gasteiger partial charge in [-0.25, -0.2) is 0 Å². The maximum absolute atomic E-state index is 9.30. The fourth-order valence-electron chi connectivity index (χ4n) is 3.14. The number of β-amino-alcohol motifs (C(OH)–C–C–N with tert-alkyl or cyclic N) is 1. The van der Waals surface area contributed by atoms with Crippen molar-refractivity contribution in [2.75, 3.05) is 18.1 Å². The SMILES string of the molecule is CCC1=CN(CCO)c2ccc(Cc3cccc(Cl)c3)cc2C1. The monoisotopic (exact) mass is 327 g/mol. The van der Waals surface area contributed by atoms with Crippen molar-refractivity contribution < 1.29 is 5.11 Å². The molecule has 23 heavy (non-hydrogen) atoms. The average molecular weight is 328 g/mol. The first kappa shape index (κ1) is 16.1. The fraction of sp³-hybridized carbons (Fsp3) is 0.300. The molecule has 2 aromatic rings. The van der Waals surface area contributed by atoms with Crippen LogP contribution in [0.15, 0.2) is 54.2 Å². The Morgan fingerprint density at radius 3 is 2.70 bits per heavy atom. The quantitative estimate of drug-likeness (QED) is 0.869. The summed E-state index contributed by atoms with van der Waals surface area (Å²) in [7, 11) is 0. The van der Waals surface area contributed by atoms with E-state index < -0.39 is 0 Å². The fourth-order valence-corrected chi connectivity index (χ4v) is 3.36. The molecule has 0 saturated heterocycles. The molecule has 0 spiro atoms. The molecule has 0 bridgehead atoms. The molecule has 2 aromatic carbocycles. The normalized spacial score (nSPS) is 13.7. The highest BCUT2D eigenvalue weighted by Crippen LogP contribution is 2.31. The van der Waals surface area contributed by atoms with Gasteiger partial charge in [0, 0.05) is 23.5 Å². The lowest BCUT2D eigenvalue weighted by molar-refractivity contribution is 0.305. The Bertz CT molecular complexity index is 723. The first-order chi connectivity index (χ1) is 11.2. The standard InChI is InChI=1S/C20H22ClNO/c1-2-15-11-18-12-17(10-16-4-3-5-19(21)13-16)6-7-20(18)22(14-15)8-9-23/h3-7,12-14,23H,2,8-11H2,1H3. The molecule has 1 N–H and O–H groups in total.